The van der Waals surface area contributed by atoms with Crippen LogP contribution in [0.15, 0.2) is 42.5 Å². The highest BCUT2D eigenvalue weighted by Crippen LogP contribution is 2.55. The van der Waals surface area contributed by atoms with E-state index in [1.54, 1.807) is 11.8 Å². The number of carboxylic acid groups (broad SMARTS) is 1. The zero-order valence-corrected chi connectivity index (χ0v) is 26.6. The van der Waals surface area contributed by atoms with E-state index in [9.17, 15) is 19.3 Å². The number of carboxylic acids is 1. The zero-order valence-electron chi connectivity index (χ0n) is 24.9. The minimum absolute atomic E-state index is 0.367. The van der Waals surface area contributed by atoms with E-state index in [2.05, 4.69) is 11.4 Å². The first-order chi connectivity index (χ1) is 19.8. The molecule has 2 aliphatic rings. The van der Waals surface area contributed by atoms with Gasteiger partial charge in [-0.2, -0.15) is 11.8 Å². The normalized spacial score (nSPS) is 17.7. The molecule has 2 aromatic rings. The number of carbonyl (C=O) groups is 2. The van der Waals surface area contributed by atoms with Gasteiger partial charge in [-0.25, -0.2) is 4.79 Å². The summed E-state index contributed by atoms with van der Waals surface area (Å²) < 4.78 is 14.8. The summed E-state index contributed by atoms with van der Waals surface area (Å²) in [7, 11) is -2.47. The highest BCUT2D eigenvalue weighted by molar-refractivity contribution is 7.98. The summed E-state index contributed by atoms with van der Waals surface area (Å²) in [6.07, 6.45) is 17.0. The molecular weight excluding hydrogens is 549 g/mol. The van der Waals surface area contributed by atoms with Crippen molar-refractivity contribution >= 4 is 30.8 Å². The molecule has 1 unspecified atom stereocenters. The average Bonchev–Trinajstić information content (AvgIpc) is 2.96. The molecule has 2 aromatic carbocycles. The molecule has 2 N–H and O–H groups in total. The maximum Gasteiger partial charge on any atom is 0.326 e. The molecule has 4 rings (SSSR count). The summed E-state index contributed by atoms with van der Waals surface area (Å²) in [4.78, 5) is 25.4. The fourth-order valence-electron chi connectivity index (χ4n) is 6.93. The number of nitrogens with one attached hydrogen (secondary N) is 1. The lowest BCUT2D eigenvalue weighted by molar-refractivity contribution is -0.139. The molecule has 0 aliphatic heterocycles. The molecule has 2 saturated carbocycles. The van der Waals surface area contributed by atoms with Gasteiger partial charge < -0.3 is 15.0 Å². The SMILES string of the molecule is CSCCC(NC(=O)c1ccc(CP(=O)(CC2CCCCC2)CC2CCCCC2)cc1-c1ccccc1C)C(=O)O. The highest BCUT2D eigenvalue weighted by Gasteiger charge is 2.32. The molecule has 0 saturated heterocycles. The molecule has 0 radical (unpaired) electrons. The molecule has 0 aromatic heterocycles. The molecule has 7 heteroatoms. The lowest BCUT2D eigenvalue weighted by Crippen LogP contribution is -2.41. The molecule has 0 spiro atoms. The third-order valence-corrected chi connectivity index (χ3v) is 13.0. The van der Waals surface area contributed by atoms with Crippen LogP contribution in [-0.2, 0) is 15.5 Å². The number of amides is 1. The van der Waals surface area contributed by atoms with Gasteiger partial charge in [-0.15, -0.1) is 0 Å². The number of rotatable bonds is 13. The number of hydrogen-bond donors (Lipinski definition) is 2. The molecule has 0 heterocycles. The van der Waals surface area contributed by atoms with Crippen LogP contribution in [0.5, 0.6) is 0 Å². The molecule has 1 amide bonds. The maximum absolute atomic E-state index is 14.8. The molecule has 224 valence electrons. The fraction of sp³-hybridized carbons (Fsp3) is 0.588. The van der Waals surface area contributed by atoms with Gasteiger partial charge >= 0.3 is 5.97 Å². The molecular formula is C34H48NO4PS. The second kappa shape index (κ2) is 15.4. The Labute approximate surface area is 251 Å². The number of benzene rings is 2. The topological polar surface area (TPSA) is 83.5 Å². The molecule has 41 heavy (non-hydrogen) atoms. The van der Waals surface area contributed by atoms with Crippen molar-refractivity contribution in [3.63, 3.8) is 0 Å². The zero-order chi connectivity index (χ0) is 29.2. The molecule has 5 nitrogen and oxygen atoms in total. The van der Waals surface area contributed by atoms with Gasteiger partial charge in [0.15, 0.2) is 0 Å². The largest absolute Gasteiger partial charge is 0.480 e. The van der Waals surface area contributed by atoms with E-state index < -0.39 is 19.2 Å². The number of aryl methyl sites for hydroxylation is 1. The third-order valence-electron chi connectivity index (χ3n) is 9.08. The van der Waals surface area contributed by atoms with Crippen LogP contribution in [0.1, 0.15) is 92.1 Å². The van der Waals surface area contributed by atoms with Crippen LogP contribution in [0.25, 0.3) is 11.1 Å². The van der Waals surface area contributed by atoms with Gasteiger partial charge in [0.2, 0.25) is 0 Å². The van der Waals surface area contributed by atoms with Crippen molar-refractivity contribution in [2.75, 3.05) is 24.3 Å². The van der Waals surface area contributed by atoms with E-state index in [1.807, 2.05) is 49.6 Å². The summed E-state index contributed by atoms with van der Waals surface area (Å²) in [6, 6.07) is 12.9. The summed E-state index contributed by atoms with van der Waals surface area (Å²) >= 11 is 1.56. The van der Waals surface area contributed by atoms with Gasteiger partial charge in [0.25, 0.3) is 5.91 Å². The number of aliphatic carboxylic acids is 1. The van der Waals surface area contributed by atoms with Gasteiger partial charge in [0, 0.05) is 24.0 Å². The van der Waals surface area contributed by atoms with Crippen molar-refractivity contribution in [2.45, 2.75) is 89.8 Å². The van der Waals surface area contributed by atoms with Crippen LogP contribution >= 0.6 is 18.9 Å². The maximum atomic E-state index is 14.8. The summed E-state index contributed by atoms with van der Waals surface area (Å²) in [6.45, 7) is 2.03. The van der Waals surface area contributed by atoms with Crippen molar-refractivity contribution < 1.29 is 19.3 Å². The Morgan fingerprint density at radius 1 is 0.927 bits per heavy atom. The van der Waals surface area contributed by atoms with E-state index in [-0.39, 0.29) is 5.91 Å². The Hall–Kier alpha value is -2.04. The van der Waals surface area contributed by atoms with Crippen LogP contribution in [0, 0.1) is 18.8 Å². The molecule has 0 bridgehead atoms. The van der Waals surface area contributed by atoms with E-state index in [4.69, 9.17) is 0 Å². The smallest absolute Gasteiger partial charge is 0.326 e. The lowest BCUT2D eigenvalue weighted by atomic mass is 9.91. The number of thioether (sulfide) groups is 1. The highest BCUT2D eigenvalue weighted by atomic mass is 32.2. The standard InChI is InChI=1S/C34H48NO4PS/c1-25-11-9-10-16-29(25)31-21-28(17-18-30(31)33(36)35-32(34(37)38)19-20-41-2)24-40(39,22-26-12-5-3-6-13-26)23-27-14-7-4-8-15-27/h9-11,16-18,21,26-27,32H,3-8,12-15,19-20,22-24H2,1-2H3,(H,35,36)(H,37,38). The molecule has 2 aliphatic carbocycles. The van der Waals surface area contributed by atoms with Crippen molar-refractivity contribution in [1.82, 2.24) is 5.32 Å². The predicted octanol–water partition coefficient (Wildman–Crippen LogP) is 8.62. The summed E-state index contributed by atoms with van der Waals surface area (Å²) in [5, 5.41) is 12.5. The Balaban J connectivity index is 1.65. The second-order valence-electron chi connectivity index (χ2n) is 12.4. The van der Waals surface area contributed by atoms with Crippen molar-refractivity contribution in [2.24, 2.45) is 11.8 Å². The Bertz CT molecular complexity index is 1190. The van der Waals surface area contributed by atoms with Gasteiger partial charge in [-0.3, -0.25) is 4.79 Å². The van der Waals surface area contributed by atoms with E-state index in [0.29, 0.717) is 35.7 Å². The minimum atomic E-state index is -2.47. The van der Waals surface area contributed by atoms with E-state index in [0.717, 1.165) is 34.6 Å². The van der Waals surface area contributed by atoms with Crippen molar-refractivity contribution in [1.29, 1.82) is 0 Å². The number of hydrogen-bond acceptors (Lipinski definition) is 4. The van der Waals surface area contributed by atoms with Gasteiger partial charge in [-0.1, -0.05) is 94.5 Å². The molecule has 2 fully saturated rings. The Kier molecular flexibility index (Phi) is 12.0. The van der Waals surface area contributed by atoms with Crippen molar-refractivity contribution in [3.8, 4) is 11.1 Å². The first-order valence-corrected chi connectivity index (χ1v) is 19.2. The second-order valence-corrected chi connectivity index (χ2v) is 16.6. The summed E-state index contributed by atoms with van der Waals surface area (Å²) in [5.41, 5.74) is 4.27. The fourth-order valence-corrected chi connectivity index (χ4v) is 11.3. The molecule has 1 atom stereocenters. The van der Waals surface area contributed by atoms with Crippen molar-refractivity contribution in [3.05, 3.63) is 59.2 Å². The van der Waals surface area contributed by atoms with Gasteiger partial charge in [0.05, 0.1) is 7.14 Å². The Morgan fingerprint density at radius 3 is 2.10 bits per heavy atom. The van der Waals surface area contributed by atoms with Crippen LogP contribution < -0.4 is 5.32 Å². The quantitative estimate of drug-likeness (QED) is 0.226. The summed E-state index contributed by atoms with van der Waals surface area (Å²) in [5.74, 6) is 0.378. The lowest BCUT2D eigenvalue weighted by Gasteiger charge is -2.31. The first kappa shape index (κ1) is 31.9. The average molecular weight is 598 g/mol. The predicted molar refractivity (Wildman–Crippen MR) is 173 cm³/mol. The number of carbonyl (C=O) groups excluding carboxylic acids is 1. The minimum Gasteiger partial charge on any atom is -0.480 e. The first-order valence-electron chi connectivity index (χ1n) is 15.6. The van der Waals surface area contributed by atoms with Crippen LogP contribution in [0.4, 0.5) is 0 Å². The monoisotopic (exact) mass is 597 g/mol. The van der Waals surface area contributed by atoms with Crippen LogP contribution in [0.3, 0.4) is 0 Å². The van der Waals surface area contributed by atoms with Gasteiger partial charge in [-0.05, 0) is 71.6 Å². The third kappa shape index (κ3) is 9.22. The van der Waals surface area contributed by atoms with Crippen LogP contribution in [-0.4, -0.2) is 47.4 Å². The van der Waals surface area contributed by atoms with Gasteiger partial charge in [0.1, 0.15) is 6.04 Å². The van der Waals surface area contributed by atoms with E-state index >= 15 is 0 Å². The Morgan fingerprint density at radius 2 is 1.54 bits per heavy atom. The van der Waals surface area contributed by atoms with Crippen LogP contribution in [0.2, 0.25) is 0 Å². The van der Waals surface area contributed by atoms with E-state index in [1.165, 1.54) is 64.2 Å².